The van der Waals surface area contributed by atoms with Gasteiger partial charge in [-0.15, -0.1) is 11.8 Å². The van der Waals surface area contributed by atoms with Crippen LogP contribution in [0, 0.1) is 11.3 Å². The molecule has 0 saturated carbocycles. The van der Waals surface area contributed by atoms with Gasteiger partial charge in [0.1, 0.15) is 11.1 Å². The molecule has 5 heteroatoms. The van der Waals surface area contributed by atoms with Crippen LogP contribution in [0.5, 0.6) is 0 Å². The van der Waals surface area contributed by atoms with Crippen LogP contribution in [0.3, 0.4) is 0 Å². The number of hydrogen-bond donors (Lipinski definition) is 2. The molecule has 0 aliphatic heterocycles. The molecule has 0 aliphatic rings. The molecule has 4 nitrogen and oxygen atoms in total. The average Bonchev–Trinajstić information content (AvgIpc) is 2.26. The van der Waals surface area contributed by atoms with Gasteiger partial charge in [-0.1, -0.05) is 0 Å². The van der Waals surface area contributed by atoms with Crippen LogP contribution in [0.15, 0.2) is 23.4 Å². The number of rotatable bonds is 4. The summed E-state index contributed by atoms with van der Waals surface area (Å²) in [5, 5.41) is 27.0. The Balaban J connectivity index is 2.63. The van der Waals surface area contributed by atoms with Gasteiger partial charge in [-0.2, -0.15) is 5.26 Å². The molecule has 1 aromatic rings. The number of pyridine rings is 1. The summed E-state index contributed by atoms with van der Waals surface area (Å²) in [6, 6.07) is 5.36. The first-order valence-electron chi connectivity index (χ1n) is 4.04. The lowest BCUT2D eigenvalue weighted by Gasteiger charge is -2.06. The van der Waals surface area contributed by atoms with Gasteiger partial charge in [0.25, 0.3) is 0 Å². The Hall–Kier alpha value is -1.09. The molecule has 1 atom stereocenters. The van der Waals surface area contributed by atoms with Crippen molar-refractivity contribution in [1.82, 2.24) is 4.98 Å². The van der Waals surface area contributed by atoms with Crippen molar-refractivity contribution in [1.29, 1.82) is 5.26 Å². The lowest BCUT2D eigenvalue weighted by molar-refractivity contribution is 0.113. The second kappa shape index (κ2) is 5.60. The van der Waals surface area contributed by atoms with Crippen molar-refractivity contribution in [2.75, 3.05) is 12.4 Å². The number of hydrogen-bond acceptors (Lipinski definition) is 5. The molecule has 1 heterocycles. The monoisotopic (exact) mass is 210 g/mol. The standard InChI is InChI=1S/C9H10N2O2S/c10-4-7-2-1-3-11-9(7)14-6-8(13)5-12/h1-3,8,12-13H,5-6H2. The van der Waals surface area contributed by atoms with E-state index in [2.05, 4.69) is 4.98 Å². The minimum Gasteiger partial charge on any atom is -0.394 e. The molecule has 0 amide bonds. The molecule has 0 fully saturated rings. The lowest BCUT2D eigenvalue weighted by Crippen LogP contribution is -2.14. The molecule has 14 heavy (non-hydrogen) atoms. The zero-order chi connectivity index (χ0) is 10.4. The molecular weight excluding hydrogens is 200 g/mol. The molecule has 0 saturated heterocycles. The van der Waals surface area contributed by atoms with Crippen LogP contribution in [0.2, 0.25) is 0 Å². The number of aliphatic hydroxyl groups excluding tert-OH is 2. The smallest absolute Gasteiger partial charge is 0.114 e. The molecule has 0 bridgehead atoms. The topological polar surface area (TPSA) is 77.1 Å². The summed E-state index contributed by atoms with van der Waals surface area (Å²) in [7, 11) is 0. The van der Waals surface area contributed by atoms with Crippen molar-refractivity contribution >= 4 is 11.8 Å². The maximum Gasteiger partial charge on any atom is 0.114 e. The van der Waals surface area contributed by atoms with Crippen LogP contribution in [-0.4, -0.2) is 33.7 Å². The summed E-state index contributed by atoms with van der Waals surface area (Å²) < 4.78 is 0. The fraction of sp³-hybridized carbons (Fsp3) is 0.333. The van der Waals surface area contributed by atoms with Crippen LogP contribution < -0.4 is 0 Å². The first-order chi connectivity index (χ1) is 6.77. The van der Waals surface area contributed by atoms with E-state index in [1.165, 1.54) is 11.8 Å². The predicted molar refractivity (Wildman–Crippen MR) is 52.8 cm³/mol. The predicted octanol–water partition coefficient (Wildman–Crippen LogP) is 0.399. The average molecular weight is 210 g/mol. The summed E-state index contributed by atoms with van der Waals surface area (Å²) >= 11 is 1.26. The van der Waals surface area contributed by atoms with Crippen LogP contribution in [0.4, 0.5) is 0 Å². The number of nitriles is 1. The second-order valence-electron chi connectivity index (χ2n) is 2.62. The summed E-state index contributed by atoms with van der Waals surface area (Å²) in [6.07, 6.45) is 0.822. The van der Waals surface area contributed by atoms with Gasteiger partial charge in [0, 0.05) is 11.9 Å². The van der Waals surface area contributed by atoms with Gasteiger partial charge in [-0.25, -0.2) is 4.98 Å². The molecule has 1 aromatic heterocycles. The second-order valence-corrected chi connectivity index (χ2v) is 3.62. The maximum absolute atomic E-state index is 9.10. The van der Waals surface area contributed by atoms with E-state index in [4.69, 9.17) is 15.5 Å². The van der Waals surface area contributed by atoms with Gasteiger partial charge < -0.3 is 10.2 Å². The van der Waals surface area contributed by atoms with Gasteiger partial charge in [0.05, 0.1) is 18.3 Å². The van der Waals surface area contributed by atoms with Crippen LogP contribution in [0.1, 0.15) is 5.56 Å². The summed E-state index contributed by atoms with van der Waals surface area (Å²) in [5.74, 6) is 0.336. The highest BCUT2D eigenvalue weighted by molar-refractivity contribution is 7.99. The highest BCUT2D eigenvalue weighted by atomic mass is 32.2. The van der Waals surface area contributed by atoms with Crippen molar-refractivity contribution in [2.45, 2.75) is 11.1 Å². The molecule has 2 N–H and O–H groups in total. The third-order valence-corrected chi connectivity index (χ3v) is 2.66. The molecular formula is C9H10N2O2S. The van der Waals surface area contributed by atoms with E-state index in [9.17, 15) is 0 Å². The summed E-state index contributed by atoms with van der Waals surface area (Å²) in [4.78, 5) is 4.00. The van der Waals surface area contributed by atoms with E-state index in [0.717, 1.165) is 0 Å². The molecule has 0 aromatic carbocycles. The normalized spacial score (nSPS) is 12.1. The van der Waals surface area contributed by atoms with E-state index < -0.39 is 6.10 Å². The Labute approximate surface area is 86.2 Å². The molecule has 0 spiro atoms. The van der Waals surface area contributed by atoms with Crippen molar-refractivity contribution < 1.29 is 10.2 Å². The zero-order valence-electron chi connectivity index (χ0n) is 7.42. The molecule has 1 rings (SSSR count). The quantitative estimate of drug-likeness (QED) is 0.703. The van der Waals surface area contributed by atoms with E-state index in [1.807, 2.05) is 6.07 Å². The Morgan fingerprint density at radius 3 is 3.07 bits per heavy atom. The highest BCUT2D eigenvalue weighted by Gasteiger charge is 2.07. The number of aromatic nitrogens is 1. The van der Waals surface area contributed by atoms with Crippen LogP contribution in [-0.2, 0) is 0 Å². The Kier molecular flexibility index (Phi) is 4.40. The van der Waals surface area contributed by atoms with Crippen molar-refractivity contribution in [3.05, 3.63) is 23.9 Å². The van der Waals surface area contributed by atoms with E-state index >= 15 is 0 Å². The Morgan fingerprint density at radius 1 is 1.64 bits per heavy atom. The van der Waals surface area contributed by atoms with E-state index in [1.54, 1.807) is 18.3 Å². The van der Waals surface area contributed by atoms with Crippen LogP contribution >= 0.6 is 11.8 Å². The van der Waals surface area contributed by atoms with Crippen LogP contribution in [0.25, 0.3) is 0 Å². The van der Waals surface area contributed by atoms with Gasteiger partial charge in [0.2, 0.25) is 0 Å². The fourth-order valence-electron chi connectivity index (χ4n) is 0.819. The zero-order valence-corrected chi connectivity index (χ0v) is 8.24. The van der Waals surface area contributed by atoms with Gasteiger partial charge >= 0.3 is 0 Å². The minimum atomic E-state index is -0.770. The van der Waals surface area contributed by atoms with Crippen molar-refractivity contribution in [2.24, 2.45) is 0 Å². The lowest BCUT2D eigenvalue weighted by atomic mass is 10.3. The Bertz CT molecular complexity index is 338. The van der Waals surface area contributed by atoms with Gasteiger partial charge in [0.15, 0.2) is 0 Å². The largest absolute Gasteiger partial charge is 0.394 e. The Morgan fingerprint density at radius 2 is 2.43 bits per heavy atom. The maximum atomic E-state index is 9.10. The third-order valence-electron chi connectivity index (χ3n) is 1.51. The molecule has 0 aliphatic carbocycles. The number of thioether (sulfide) groups is 1. The number of nitrogens with zero attached hydrogens (tertiary/aromatic N) is 2. The highest BCUT2D eigenvalue weighted by Crippen LogP contribution is 2.19. The van der Waals surface area contributed by atoms with E-state index in [-0.39, 0.29) is 6.61 Å². The summed E-state index contributed by atoms with van der Waals surface area (Å²) in [6.45, 7) is -0.276. The van der Waals surface area contributed by atoms with E-state index in [0.29, 0.717) is 16.3 Å². The van der Waals surface area contributed by atoms with Gasteiger partial charge in [-0.05, 0) is 12.1 Å². The fourth-order valence-corrected chi connectivity index (χ4v) is 1.68. The first kappa shape index (κ1) is 11.0. The number of aliphatic hydroxyl groups is 2. The SMILES string of the molecule is N#Cc1cccnc1SCC(O)CO. The van der Waals surface area contributed by atoms with Gasteiger partial charge in [-0.3, -0.25) is 0 Å². The van der Waals surface area contributed by atoms with Crippen molar-refractivity contribution in [3.8, 4) is 6.07 Å². The molecule has 0 radical (unpaired) electrons. The third kappa shape index (κ3) is 3.00. The molecule has 74 valence electrons. The summed E-state index contributed by atoms with van der Waals surface area (Å²) in [5.41, 5.74) is 0.489. The molecule has 1 unspecified atom stereocenters. The minimum absolute atomic E-state index is 0.276. The van der Waals surface area contributed by atoms with Crippen molar-refractivity contribution in [3.63, 3.8) is 0 Å². The first-order valence-corrected chi connectivity index (χ1v) is 5.03.